The minimum absolute atomic E-state index is 0.0215. The first-order chi connectivity index (χ1) is 15.3. The number of nitrogens with zero attached hydrogens (tertiary/aromatic N) is 4. The number of hydrogen-bond acceptors (Lipinski definition) is 7. The van der Waals surface area contributed by atoms with Gasteiger partial charge in [-0.1, -0.05) is 19.9 Å². The zero-order valence-corrected chi connectivity index (χ0v) is 20.0. The minimum Gasteiger partial charge on any atom is -0.493 e. The average molecular weight is 442 g/mol. The van der Waals surface area contributed by atoms with Gasteiger partial charge in [0.25, 0.3) is 0 Å². The number of carbonyl (C=O) groups excluding carboxylic acids is 1. The van der Waals surface area contributed by atoms with Crippen molar-refractivity contribution in [3.8, 4) is 11.5 Å². The second-order valence-electron chi connectivity index (χ2n) is 8.49. The SMILES string of the molecule is COc1ccc(CNC(=O)[C@@H](C)N2CCN(c3cc(C)nc(C(C)C)n3)CC2)cc1OC. The number of aromatic nitrogens is 2. The largest absolute Gasteiger partial charge is 0.493 e. The third-order valence-electron chi connectivity index (χ3n) is 5.85. The van der Waals surface area contributed by atoms with Crippen molar-refractivity contribution in [1.29, 1.82) is 0 Å². The van der Waals surface area contributed by atoms with Gasteiger partial charge in [0.1, 0.15) is 11.6 Å². The van der Waals surface area contributed by atoms with E-state index in [1.54, 1.807) is 14.2 Å². The molecule has 2 heterocycles. The highest BCUT2D eigenvalue weighted by Crippen LogP contribution is 2.27. The summed E-state index contributed by atoms with van der Waals surface area (Å²) >= 11 is 0. The van der Waals surface area contributed by atoms with E-state index in [0.29, 0.717) is 24.0 Å². The highest BCUT2D eigenvalue weighted by Gasteiger charge is 2.26. The normalized spacial score (nSPS) is 15.5. The lowest BCUT2D eigenvalue weighted by molar-refractivity contribution is -0.126. The summed E-state index contributed by atoms with van der Waals surface area (Å²) in [4.78, 5) is 26.6. The number of piperazine rings is 1. The zero-order valence-electron chi connectivity index (χ0n) is 20.0. The Morgan fingerprint density at radius 1 is 1.03 bits per heavy atom. The van der Waals surface area contributed by atoms with Gasteiger partial charge in [0, 0.05) is 50.4 Å². The van der Waals surface area contributed by atoms with E-state index in [9.17, 15) is 4.79 Å². The van der Waals surface area contributed by atoms with Crippen LogP contribution in [-0.2, 0) is 11.3 Å². The van der Waals surface area contributed by atoms with E-state index < -0.39 is 0 Å². The molecule has 8 heteroatoms. The second-order valence-corrected chi connectivity index (χ2v) is 8.49. The summed E-state index contributed by atoms with van der Waals surface area (Å²) in [6, 6.07) is 7.51. The first-order valence-electron chi connectivity index (χ1n) is 11.2. The van der Waals surface area contributed by atoms with Crippen LogP contribution in [0.4, 0.5) is 5.82 Å². The predicted molar refractivity (Wildman–Crippen MR) is 125 cm³/mol. The molecule has 1 fully saturated rings. The van der Waals surface area contributed by atoms with E-state index in [-0.39, 0.29) is 11.9 Å². The number of benzene rings is 1. The van der Waals surface area contributed by atoms with Gasteiger partial charge < -0.3 is 19.7 Å². The van der Waals surface area contributed by atoms with Gasteiger partial charge in [-0.15, -0.1) is 0 Å². The van der Waals surface area contributed by atoms with Crippen LogP contribution in [0.3, 0.4) is 0 Å². The molecular weight excluding hydrogens is 406 g/mol. The number of rotatable bonds is 8. The van der Waals surface area contributed by atoms with E-state index in [0.717, 1.165) is 49.1 Å². The van der Waals surface area contributed by atoms with Crippen LogP contribution in [0, 0.1) is 6.92 Å². The van der Waals surface area contributed by atoms with Crippen LogP contribution < -0.4 is 19.7 Å². The fourth-order valence-corrected chi connectivity index (χ4v) is 3.83. The maximum atomic E-state index is 12.8. The summed E-state index contributed by atoms with van der Waals surface area (Å²) in [5.41, 5.74) is 1.96. The standard InChI is InChI=1S/C24H35N5O3/c1-16(2)23-26-17(3)13-22(27-23)29-11-9-28(10-12-29)18(4)24(30)25-15-19-7-8-20(31-5)21(14-19)32-6/h7-8,13-14,16,18H,9-12,15H2,1-6H3,(H,25,30)/t18-/m1/s1. The molecule has 32 heavy (non-hydrogen) atoms. The van der Waals surface area contributed by atoms with Gasteiger partial charge >= 0.3 is 0 Å². The minimum atomic E-state index is -0.198. The number of hydrogen-bond donors (Lipinski definition) is 1. The molecular formula is C24H35N5O3. The van der Waals surface area contributed by atoms with Crippen molar-refractivity contribution in [3.05, 3.63) is 41.3 Å². The first kappa shape index (κ1) is 23.8. The topological polar surface area (TPSA) is 79.8 Å². The summed E-state index contributed by atoms with van der Waals surface area (Å²) in [6.07, 6.45) is 0. The number of anilines is 1. The molecule has 1 atom stereocenters. The molecule has 0 unspecified atom stereocenters. The van der Waals surface area contributed by atoms with Crippen molar-refractivity contribution >= 4 is 11.7 Å². The molecule has 1 aliphatic heterocycles. The molecule has 1 amide bonds. The Labute approximate surface area is 190 Å². The monoisotopic (exact) mass is 441 g/mol. The van der Waals surface area contributed by atoms with Crippen molar-refractivity contribution < 1.29 is 14.3 Å². The van der Waals surface area contributed by atoms with Crippen molar-refractivity contribution in [1.82, 2.24) is 20.2 Å². The summed E-state index contributed by atoms with van der Waals surface area (Å²) in [6.45, 7) is 11.9. The molecule has 0 radical (unpaired) electrons. The molecule has 1 aliphatic rings. The number of aryl methyl sites for hydroxylation is 1. The van der Waals surface area contributed by atoms with Gasteiger partial charge in [-0.3, -0.25) is 9.69 Å². The molecule has 0 saturated carbocycles. The fraction of sp³-hybridized carbons (Fsp3) is 0.542. The molecule has 0 aliphatic carbocycles. The van der Waals surface area contributed by atoms with Crippen molar-refractivity contribution in [2.75, 3.05) is 45.3 Å². The van der Waals surface area contributed by atoms with Crippen LogP contribution in [0.2, 0.25) is 0 Å². The number of nitrogens with one attached hydrogen (secondary N) is 1. The summed E-state index contributed by atoms with van der Waals surface area (Å²) < 4.78 is 10.6. The van der Waals surface area contributed by atoms with Gasteiger partial charge in [-0.05, 0) is 31.5 Å². The first-order valence-corrected chi connectivity index (χ1v) is 11.2. The highest BCUT2D eigenvalue weighted by molar-refractivity contribution is 5.81. The Morgan fingerprint density at radius 3 is 2.34 bits per heavy atom. The maximum absolute atomic E-state index is 12.8. The molecule has 3 rings (SSSR count). The maximum Gasteiger partial charge on any atom is 0.237 e. The van der Waals surface area contributed by atoms with E-state index in [4.69, 9.17) is 14.5 Å². The Hall–Kier alpha value is -2.87. The second kappa shape index (κ2) is 10.6. The number of methoxy groups -OCH3 is 2. The third-order valence-corrected chi connectivity index (χ3v) is 5.85. The van der Waals surface area contributed by atoms with Gasteiger partial charge in [0.15, 0.2) is 11.5 Å². The van der Waals surface area contributed by atoms with Gasteiger partial charge in [-0.25, -0.2) is 9.97 Å². The van der Waals surface area contributed by atoms with E-state index in [1.165, 1.54) is 0 Å². The molecule has 1 saturated heterocycles. The Balaban J connectivity index is 1.54. The van der Waals surface area contributed by atoms with Crippen molar-refractivity contribution in [3.63, 3.8) is 0 Å². The smallest absolute Gasteiger partial charge is 0.237 e. The molecule has 1 aromatic heterocycles. The lowest BCUT2D eigenvalue weighted by atomic mass is 10.1. The van der Waals surface area contributed by atoms with Gasteiger partial charge in [0.05, 0.1) is 20.3 Å². The van der Waals surface area contributed by atoms with Crippen LogP contribution in [0.5, 0.6) is 11.5 Å². The number of ether oxygens (including phenoxy) is 2. The quantitative estimate of drug-likeness (QED) is 0.675. The summed E-state index contributed by atoms with van der Waals surface area (Å²) in [7, 11) is 3.21. The molecule has 0 spiro atoms. The summed E-state index contributed by atoms with van der Waals surface area (Å²) in [5, 5.41) is 3.04. The average Bonchev–Trinajstić information content (AvgIpc) is 2.81. The van der Waals surface area contributed by atoms with E-state index in [2.05, 4.69) is 33.9 Å². The van der Waals surface area contributed by atoms with Gasteiger partial charge in [-0.2, -0.15) is 0 Å². The van der Waals surface area contributed by atoms with Crippen molar-refractivity contribution in [2.24, 2.45) is 0 Å². The van der Waals surface area contributed by atoms with Crippen LogP contribution in [-0.4, -0.2) is 67.2 Å². The summed E-state index contributed by atoms with van der Waals surface area (Å²) in [5.74, 6) is 3.51. The van der Waals surface area contributed by atoms with Crippen molar-refractivity contribution in [2.45, 2.75) is 46.2 Å². The molecule has 174 valence electrons. The van der Waals surface area contributed by atoms with Gasteiger partial charge in [0.2, 0.25) is 5.91 Å². The molecule has 0 bridgehead atoms. The zero-order chi connectivity index (χ0) is 23.3. The lowest BCUT2D eigenvalue weighted by Crippen LogP contribution is -2.54. The third kappa shape index (κ3) is 5.68. The molecule has 8 nitrogen and oxygen atoms in total. The molecule has 1 N–H and O–H groups in total. The highest BCUT2D eigenvalue weighted by atomic mass is 16.5. The number of carbonyl (C=O) groups is 1. The van der Waals surface area contributed by atoms with Crippen LogP contribution in [0.1, 0.15) is 43.8 Å². The predicted octanol–water partition coefficient (Wildman–Crippen LogP) is 2.75. The Morgan fingerprint density at radius 2 is 1.72 bits per heavy atom. The molecule has 2 aromatic rings. The van der Waals surface area contributed by atoms with E-state index in [1.807, 2.05) is 38.1 Å². The van der Waals surface area contributed by atoms with Crippen LogP contribution in [0.25, 0.3) is 0 Å². The Bertz CT molecular complexity index is 926. The van der Waals surface area contributed by atoms with E-state index >= 15 is 0 Å². The van der Waals surface area contributed by atoms with Crippen LogP contribution >= 0.6 is 0 Å². The molecule has 1 aromatic carbocycles. The Kier molecular flexibility index (Phi) is 7.90. The fourth-order valence-electron chi connectivity index (χ4n) is 3.83. The van der Waals surface area contributed by atoms with Crippen LogP contribution in [0.15, 0.2) is 24.3 Å². The number of amides is 1. The lowest BCUT2D eigenvalue weighted by Gasteiger charge is -2.38.